The third-order valence-corrected chi connectivity index (χ3v) is 2.79. The zero-order valence-electron chi connectivity index (χ0n) is 8.99. The molecule has 0 spiro atoms. The number of fused-ring (bicyclic) bond motifs is 1. The predicted octanol–water partition coefficient (Wildman–Crippen LogP) is 3.78. The second kappa shape index (κ2) is 3.74. The number of aryl methyl sites for hydroxylation is 1. The first-order valence-corrected chi connectivity index (χ1v) is 5.11. The fourth-order valence-electron chi connectivity index (χ4n) is 1.91. The average Bonchev–Trinajstić information content (AvgIpc) is 2.27. The zero-order valence-corrected chi connectivity index (χ0v) is 8.99. The van der Waals surface area contributed by atoms with Crippen molar-refractivity contribution in [1.82, 2.24) is 0 Å². The molecule has 2 rings (SSSR count). The molecule has 0 amide bonds. The van der Waals surface area contributed by atoms with E-state index in [0.717, 1.165) is 5.56 Å². The molecule has 0 aliphatic rings. The number of nitriles is 1. The Morgan fingerprint density at radius 3 is 2.33 bits per heavy atom. The summed E-state index contributed by atoms with van der Waals surface area (Å²) in [7, 11) is 0. The standard InChI is InChI=1S/C14H13N/c1-10-7-12-5-3-4-6-13(12)8-14(10)11(2)9-15/h3-8,11H,1-2H3. The Kier molecular flexibility index (Phi) is 2.43. The molecule has 1 unspecified atom stereocenters. The van der Waals surface area contributed by atoms with Crippen LogP contribution in [0.1, 0.15) is 24.0 Å². The summed E-state index contributed by atoms with van der Waals surface area (Å²) < 4.78 is 0. The first-order valence-electron chi connectivity index (χ1n) is 5.11. The minimum Gasteiger partial charge on any atom is -0.198 e. The van der Waals surface area contributed by atoms with Gasteiger partial charge in [0.15, 0.2) is 0 Å². The molecule has 0 saturated heterocycles. The number of nitrogens with zero attached hydrogens (tertiary/aromatic N) is 1. The topological polar surface area (TPSA) is 23.8 Å². The van der Waals surface area contributed by atoms with E-state index in [4.69, 9.17) is 5.26 Å². The molecule has 2 aromatic rings. The lowest BCUT2D eigenvalue weighted by molar-refractivity contribution is 0.970. The van der Waals surface area contributed by atoms with Crippen molar-refractivity contribution in [3.8, 4) is 6.07 Å². The van der Waals surface area contributed by atoms with E-state index < -0.39 is 0 Å². The van der Waals surface area contributed by atoms with Crippen LogP contribution in [-0.4, -0.2) is 0 Å². The molecule has 0 saturated carbocycles. The molecule has 0 N–H and O–H groups in total. The van der Waals surface area contributed by atoms with Crippen LogP contribution in [0.4, 0.5) is 0 Å². The minimum atomic E-state index is -0.0328. The molecule has 0 aromatic heterocycles. The molecule has 2 aromatic carbocycles. The van der Waals surface area contributed by atoms with E-state index in [-0.39, 0.29) is 5.92 Å². The number of benzene rings is 2. The van der Waals surface area contributed by atoms with Gasteiger partial charge in [-0.1, -0.05) is 30.3 Å². The normalized spacial score (nSPS) is 12.3. The molecule has 74 valence electrons. The quantitative estimate of drug-likeness (QED) is 0.679. The van der Waals surface area contributed by atoms with Crippen LogP contribution >= 0.6 is 0 Å². The SMILES string of the molecule is Cc1cc2ccccc2cc1C(C)C#N. The van der Waals surface area contributed by atoms with Gasteiger partial charge < -0.3 is 0 Å². The van der Waals surface area contributed by atoms with E-state index in [1.807, 2.05) is 19.1 Å². The van der Waals surface area contributed by atoms with Crippen LogP contribution in [0.3, 0.4) is 0 Å². The lowest BCUT2D eigenvalue weighted by Crippen LogP contribution is -1.93. The Hall–Kier alpha value is -1.81. The van der Waals surface area contributed by atoms with Gasteiger partial charge in [-0.2, -0.15) is 5.26 Å². The Balaban J connectivity index is 2.68. The maximum atomic E-state index is 8.93. The van der Waals surface area contributed by atoms with Crippen molar-refractivity contribution in [2.24, 2.45) is 0 Å². The van der Waals surface area contributed by atoms with Crippen molar-refractivity contribution in [1.29, 1.82) is 5.26 Å². The van der Waals surface area contributed by atoms with Gasteiger partial charge >= 0.3 is 0 Å². The van der Waals surface area contributed by atoms with Crippen molar-refractivity contribution in [2.45, 2.75) is 19.8 Å². The van der Waals surface area contributed by atoms with Gasteiger partial charge in [0.2, 0.25) is 0 Å². The molecular weight excluding hydrogens is 182 g/mol. The first kappa shape index (κ1) is 9.73. The van der Waals surface area contributed by atoms with Gasteiger partial charge in [0, 0.05) is 0 Å². The zero-order chi connectivity index (χ0) is 10.8. The van der Waals surface area contributed by atoms with Gasteiger partial charge in [-0.25, -0.2) is 0 Å². The molecule has 0 aliphatic carbocycles. The highest BCUT2D eigenvalue weighted by atomic mass is 14.3. The Bertz CT molecular complexity index is 535. The Labute approximate surface area is 90.0 Å². The van der Waals surface area contributed by atoms with E-state index in [0.29, 0.717) is 0 Å². The molecule has 1 heteroatoms. The van der Waals surface area contributed by atoms with Crippen LogP contribution in [0.2, 0.25) is 0 Å². The summed E-state index contributed by atoms with van der Waals surface area (Å²) in [6.07, 6.45) is 0. The minimum absolute atomic E-state index is 0.0328. The summed E-state index contributed by atoms with van der Waals surface area (Å²) >= 11 is 0. The molecular formula is C14H13N. The predicted molar refractivity (Wildman–Crippen MR) is 62.7 cm³/mol. The van der Waals surface area contributed by atoms with Crippen molar-refractivity contribution in [3.63, 3.8) is 0 Å². The summed E-state index contributed by atoms with van der Waals surface area (Å²) in [5, 5.41) is 11.4. The summed E-state index contributed by atoms with van der Waals surface area (Å²) in [6, 6.07) is 14.8. The van der Waals surface area contributed by atoms with E-state index in [9.17, 15) is 0 Å². The van der Waals surface area contributed by atoms with E-state index in [1.165, 1.54) is 16.3 Å². The highest BCUT2D eigenvalue weighted by molar-refractivity contribution is 5.84. The van der Waals surface area contributed by atoms with Crippen molar-refractivity contribution in [3.05, 3.63) is 47.5 Å². The van der Waals surface area contributed by atoms with Crippen molar-refractivity contribution >= 4 is 10.8 Å². The average molecular weight is 195 g/mol. The van der Waals surface area contributed by atoms with Crippen LogP contribution in [0, 0.1) is 18.3 Å². The van der Waals surface area contributed by atoms with Gasteiger partial charge in [0.25, 0.3) is 0 Å². The highest BCUT2D eigenvalue weighted by Gasteiger charge is 2.08. The second-order valence-corrected chi connectivity index (χ2v) is 3.91. The summed E-state index contributed by atoms with van der Waals surface area (Å²) in [5.41, 5.74) is 2.33. The van der Waals surface area contributed by atoms with Crippen LogP contribution in [0.5, 0.6) is 0 Å². The van der Waals surface area contributed by atoms with Crippen LogP contribution in [0.15, 0.2) is 36.4 Å². The fraction of sp³-hybridized carbons (Fsp3) is 0.214. The molecule has 0 aliphatic heterocycles. The first-order chi connectivity index (χ1) is 7.22. The molecule has 0 heterocycles. The number of hydrogen-bond donors (Lipinski definition) is 0. The molecule has 15 heavy (non-hydrogen) atoms. The molecule has 1 nitrogen and oxygen atoms in total. The van der Waals surface area contributed by atoms with Gasteiger partial charge in [-0.15, -0.1) is 0 Å². The van der Waals surface area contributed by atoms with Crippen LogP contribution in [0.25, 0.3) is 10.8 Å². The Morgan fingerprint density at radius 2 is 1.73 bits per heavy atom. The fourth-order valence-corrected chi connectivity index (χ4v) is 1.91. The smallest absolute Gasteiger partial charge is 0.0701 e. The van der Waals surface area contributed by atoms with Crippen LogP contribution < -0.4 is 0 Å². The van der Waals surface area contributed by atoms with E-state index in [2.05, 4.69) is 37.3 Å². The van der Waals surface area contributed by atoms with Crippen molar-refractivity contribution < 1.29 is 0 Å². The maximum absolute atomic E-state index is 8.93. The van der Waals surface area contributed by atoms with Crippen LogP contribution in [-0.2, 0) is 0 Å². The van der Waals surface area contributed by atoms with E-state index >= 15 is 0 Å². The largest absolute Gasteiger partial charge is 0.198 e. The third kappa shape index (κ3) is 1.71. The molecule has 1 atom stereocenters. The Morgan fingerprint density at radius 1 is 1.13 bits per heavy atom. The monoisotopic (exact) mass is 195 g/mol. The molecule has 0 bridgehead atoms. The molecule has 0 fully saturated rings. The van der Waals surface area contributed by atoms with Gasteiger partial charge in [-0.05, 0) is 41.8 Å². The summed E-state index contributed by atoms with van der Waals surface area (Å²) in [6.45, 7) is 4.01. The lowest BCUT2D eigenvalue weighted by atomic mass is 9.94. The van der Waals surface area contributed by atoms with Gasteiger partial charge in [0.05, 0.1) is 12.0 Å². The number of rotatable bonds is 1. The summed E-state index contributed by atoms with van der Waals surface area (Å²) in [4.78, 5) is 0. The second-order valence-electron chi connectivity index (χ2n) is 3.91. The van der Waals surface area contributed by atoms with Gasteiger partial charge in [-0.3, -0.25) is 0 Å². The van der Waals surface area contributed by atoms with E-state index in [1.54, 1.807) is 0 Å². The molecule has 0 radical (unpaired) electrons. The lowest BCUT2D eigenvalue weighted by Gasteiger charge is -2.09. The highest BCUT2D eigenvalue weighted by Crippen LogP contribution is 2.24. The van der Waals surface area contributed by atoms with Crippen molar-refractivity contribution in [2.75, 3.05) is 0 Å². The summed E-state index contributed by atoms with van der Waals surface area (Å²) in [5.74, 6) is -0.0328. The maximum Gasteiger partial charge on any atom is 0.0701 e. The van der Waals surface area contributed by atoms with Gasteiger partial charge in [0.1, 0.15) is 0 Å². The number of hydrogen-bond acceptors (Lipinski definition) is 1. The third-order valence-electron chi connectivity index (χ3n) is 2.79.